The number of hydrogen-bond donors (Lipinski definition) is 1. The van der Waals surface area contributed by atoms with Gasteiger partial charge in [0.15, 0.2) is 0 Å². The van der Waals surface area contributed by atoms with Crippen LogP contribution >= 0.6 is 0 Å². The van der Waals surface area contributed by atoms with Crippen LogP contribution in [0.15, 0.2) is 65.8 Å². The Balaban J connectivity index is 1.89. The highest BCUT2D eigenvalue weighted by Gasteiger charge is 2.12. The van der Waals surface area contributed by atoms with Gasteiger partial charge in [0.2, 0.25) is 0 Å². The van der Waals surface area contributed by atoms with Crippen molar-refractivity contribution in [3.8, 4) is 0 Å². The molecule has 3 aromatic rings. The van der Waals surface area contributed by atoms with Crippen molar-refractivity contribution in [3.05, 3.63) is 77.6 Å². The smallest absolute Gasteiger partial charge is 0.132 e. The molecule has 0 aliphatic carbocycles. The Labute approximate surface area is 161 Å². The number of rotatable bonds is 6. The largest absolute Gasteiger partial charge is 0.325 e. The Morgan fingerprint density at radius 2 is 1.48 bits per heavy atom. The SMILES string of the molecule is CC(C)c1cccc(C(C)C)c1N=Cc1cccc(Nc2ccccn2)n1. The molecule has 0 spiro atoms. The third kappa shape index (κ3) is 4.79. The molecule has 27 heavy (non-hydrogen) atoms. The zero-order chi connectivity index (χ0) is 19.2. The summed E-state index contributed by atoms with van der Waals surface area (Å²) in [5, 5.41) is 3.22. The molecule has 0 amide bonds. The maximum absolute atomic E-state index is 4.84. The lowest BCUT2D eigenvalue weighted by molar-refractivity contribution is 0.835. The van der Waals surface area contributed by atoms with Crippen LogP contribution < -0.4 is 5.32 Å². The third-order valence-electron chi connectivity index (χ3n) is 4.36. The van der Waals surface area contributed by atoms with Gasteiger partial charge >= 0.3 is 0 Å². The number of anilines is 2. The Morgan fingerprint density at radius 3 is 2.11 bits per heavy atom. The summed E-state index contributed by atoms with van der Waals surface area (Å²) in [5.74, 6) is 2.35. The molecular weight excluding hydrogens is 332 g/mol. The fraction of sp³-hybridized carbons (Fsp3) is 0.261. The normalized spacial score (nSPS) is 11.5. The summed E-state index contributed by atoms with van der Waals surface area (Å²) >= 11 is 0. The van der Waals surface area contributed by atoms with Crippen LogP contribution in [0.2, 0.25) is 0 Å². The second kappa shape index (κ2) is 8.58. The minimum Gasteiger partial charge on any atom is -0.325 e. The molecule has 0 aliphatic rings. The van der Waals surface area contributed by atoms with E-state index in [9.17, 15) is 0 Å². The molecule has 0 unspecified atom stereocenters. The van der Waals surface area contributed by atoms with E-state index in [4.69, 9.17) is 4.99 Å². The summed E-state index contributed by atoms with van der Waals surface area (Å²) in [6, 6.07) is 18.0. The van der Waals surface area contributed by atoms with Crippen molar-refractivity contribution < 1.29 is 0 Å². The van der Waals surface area contributed by atoms with Gasteiger partial charge in [-0.15, -0.1) is 0 Å². The number of aromatic nitrogens is 2. The van der Waals surface area contributed by atoms with Crippen LogP contribution in [0.25, 0.3) is 0 Å². The van der Waals surface area contributed by atoms with Gasteiger partial charge in [0.1, 0.15) is 11.6 Å². The molecule has 0 aliphatic heterocycles. The number of nitrogens with one attached hydrogen (secondary N) is 1. The number of benzene rings is 1. The van der Waals surface area contributed by atoms with E-state index in [2.05, 4.69) is 61.2 Å². The van der Waals surface area contributed by atoms with Crippen LogP contribution in [-0.2, 0) is 0 Å². The molecule has 4 heteroatoms. The van der Waals surface area contributed by atoms with E-state index in [-0.39, 0.29) is 0 Å². The van der Waals surface area contributed by atoms with Gasteiger partial charge in [0.25, 0.3) is 0 Å². The van der Waals surface area contributed by atoms with Gasteiger partial charge in [-0.05, 0) is 47.2 Å². The first-order chi connectivity index (χ1) is 13.0. The van der Waals surface area contributed by atoms with Crippen molar-refractivity contribution >= 4 is 23.5 Å². The van der Waals surface area contributed by atoms with E-state index in [0.717, 1.165) is 23.0 Å². The van der Waals surface area contributed by atoms with Gasteiger partial charge in [0, 0.05) is 6.20 Å². The number of nitrogens with zero attached hydrogens (tertiary/aromatic N) is 3. The monoisotopic (exact) mass is 358 g/mol. The first-order valence-electron chi connectivity index (χ1n) is 9.36. The summed E-state index contributed by atoms with van der Waals surface area (Å²) in [6.45, 7) is 8.81. The number of aliphatic imine (C=N–C) groups is 1. The molecule has 1 aromatic carbocycles. The van der Waals surface area contributed by atoms with Crippen LogP contribution in [0.4, 0.5) is 17.3 Å². The molecular formula is C23H26N4. The minimum atomic E-state index is 0.418. The zero-order valence-corrected chi connectivity index (χ0v) is 16.3. The summed E-state index contributed by atoms with van der Waals surface area (Å²) in [6.07, 6.45) is 3.60. The number of pyridine rings is 2. The summed E-state index contributed by atoms with van der Waals surface area (Å²) in [4.78, 5) is 13.7. The highest BCUT2D eigenvalue weighted by atomic mass is 15.1. The van der Waals surface area contributed by atoms with Gasteiger partial charge in [-0.3, -0.25) is 4.99 Å². The molecule has 4 nitrogen and oxygen atoms in total. The van der Waals surface area contributed by atoms with Gasteiger partial charge < -0.3 is 5.32 Å². The van der Waals surface area contributed by atoms with Crippen molar-refractivity contribution in [2.45, 2.75) is 39.5 Å². The molecule has 138 valence electrons. The average molecular weight is 358 g/mol. The minimum absolute atomic E-state index is 0.418. The lowest BCUT2D eigenvalue weighted by atomic mass is 9.93. The van der Waals surface area contributed by atoms with E-state index in [1.165, 1.54) is 11.1 Å². The van der Waals surface area contributed by atoms with Crippen molar-refractivity contribution in [1.82, 2.24) is 9.97 Å². The van der Waals surface area contributed by atoms with Crippen molar-refractivity contribution in [2.24, 2.45) is 4.99 Å². The number of para-hydroxylation sites is 1. The van der Waals surface area contributed by atoms with Crippen LogP contribution in [0.3, 0.4) is 0 Å². The summed E-state index contributed by atoms with van der Waals surface area (Å²) in [5.41, 5.74) is 4.40. The van der Waals surface area contributed by atoms with E-state index in [1.807, 2.05) is 42.6 Å². The van der Waals surface area contributed by atoms with Crippen LogP contribution in [-0.4, -0.2) is 16.2 Å². The average Bonchev–Trinajstić information content (AvgIpc) is 2.67. The quantitative estimate of drug-likeness (QED) is 0.532. The molecule has 0 saturated carbocycles. The van der Waals surface area contributed by atoms with Crippen LogP contribution in [0, 0.1) is 0 Å². The van der Waals surface area contributed by atoms with Crippen molar-refractivity contribution in [2.75, 3.05) is 5.32 Å². The second-order valence-electron chi connectivity index (χ2n) is 7.14. The standard InChI is InChI=1S/C23H26N4/c1-16(2)19-10-8-11-20(17(3)4)23(19)25-15-18-9-7-13-22(26-18)27-21-12-5-6-14-24-21/h5-17H,1-4H3,(H,24,26,27). The molecule has 2 heterocycles. The van der Waals surface area contributed by atoms with Crippen LogP contribution in [0.5, 0.6) is 0 Å². The third-order valence-corrected chi connectivity index (χ3v) is 4.36. The second-order valence-corrected chi connectivity index (χ2v) is 7.14. The molecule has 3 rings (SSSR count). The molecule has 0 atom stereocenters. The van der Waals surface area contributed by atoms with Crippen molar-refractivity contribution in [3.63, 3.8) is 0 Å². The number of hydrogen-bond acceptors (Lipinski definition) is 4. The first kappa shape index (κ1) is 18.8. The Hall–Kier alpha value is -3.01. The molecule has 0 fully saturated rings. The predicted molar refractivity (Wildman–Crippen MR) is 114 cm³/mol. The van der Waals surface area contributed by atoms with Gasteiger partial charge in [-0.1, -0.05) is 58.0 Å². The van der Waals surface area contributed by atoms with Crippen molar-refractivity contribution in [1.29, 1.82) is 0 Å². The maximum Gasteiger partial charge on any atom is 0.132 e. The highest BCUT2D eigenvalue weighted by Crippen LogP contribution is 2.34. The maximum atomic E-state index is 4.84. The topological polar surface area (TPSA) is 50.2 Å². The summed E-state index contributed by atoms with van der Waals surface area (Å²) in [7, 11) is 0. The molecule has 1 N–H and O–H groups in total. The summed E-state index contributed by atoms with van der Waals surface area (Å²) < 4.78 is 0. The van der Waals surface area contributed by atoms with Gasteiger partial charge in [0.05, 0.1) is 17.6 Å². The molecule has 0 bridgehead atoms. The highest BCUT2D eigenvalue weighted by molar-refractivity contribution is 5.81. The zero-order valence-electron chi connectivity index (χ0n) is 16.3. The van der Waals surface area contributed by atoms with Crippen LogP contribution in [0.1, 0.15) is 56.4 Å². The Bertz CT molecular complexity index is 888. The predicted octanol–water partition coefficient (Wildman–Crippen LogP) is 6.22. The molecule has 0 saturated heterocycles. The van der Waals surface area contributed by atoms with Gasteiger partial charge in [-0.25, -0.2) is 9.97 Å². The Kier molecular flexibility index (Phi) is 5.97. The lowest BCUT2D eigenvalue weighted by Crippen LogP contribution is -1.98. The van der Waals surface area contributed by atoms with E-state index in [1.54, 1.807) is 6.20 Å². The van der Waals surface area contributed by atoms with E-state index in [0.29, 0.717) is 11.8 Å². The Morgan fingerprint density at radius 1 is 0.815 bits per heavy atom. The lowest BCUT2D eigenvalue weighted by Gasteiger charge is -2.16. The fourth-order valence-electron chi connectivity index (χ4n) is 2.95. The molecule has 0 radical (unpaired) electrons. The fourth-order valence-corrected chi connectivity index (χ4v) is 2.95. The van der Waals surface area contributed by atoms with E-state index < -0.39 is 0 Å². The van der Waals surface area contributed by atoms with Gasteiger partial charge in [-0.2, -0.15) is 0 Å². The van der Waals surface area contributed by atoms with E-state index >= 15 is 0 Å². The molecule has 2 aromatic heterocycles. The first-order valence-corrected chi connectivity index (χ1v) is 9.36.